The SMILES string of the molecule is COC(=O)C1=C(C(=O)OC)SC(=C2C(=S)C(C)(C)N(C(=O)COc3ccc(F)cc3)c3ccccc32)S1. The molecule has 2 heterocycles. The van der Waals surface area contributed by atoms with Gasteiger partial charge in [0.1, 0.15) is 21.4 Å². The lowest BCUT2D eigenvalue weighted by atomic mass is 9.83. The van der Waals surface area contributed by atoms with Gasteiger partial charge in [-0.3, -0.25) is 9.69 Å². The molecular weight excluding hydrogens is 537 g/mol. The van der Waals surface area contributed by atoms with Gasteiger partial charge in [-0.05, 0) is 44.2 Å². The molecule has 2 aliphatic heterocycles. The van der Waals surface area contributed by atoms with E-state index in [1.807, 2.05) is 26.0 Å². The van der Waals surface area contributed by atoms with Crippen molar-refractivity contribution in [2.24, 2.45) is 0 Å². The molecule has 0 bridgehead atoms. The van der Waals surface area contributed by atoms with Crippen LogP contribution in [-0.2, 0) is 23.9 Å². The number of esters is 2. The maximum atomic E-state index is 13.5. The minimum Gasteiger partial charge on any atom is -0.484 e. The van der Waals surface area contributed by atoms with E-state index >= 15 is 0 Å². The van der Waals surface area contributed by atoms with Gasteiger partial charge in [0.15, 0.2) is 6.61 Å². The van der Waals surface area contributed by atoms with Gasteiger partial charge in [0.05, 0.1) is 34.5 Å². The molecule has 2 aromatic rings. The van der Waals surface area contributed by atoms with Crippen molar-refractivity contribution in [2.45, 2.75) is 19.4 Å². The molecule has 0 N–H and O–H groups in total. The smallest absolute Gasteiger partial charge is 0.346 e. The maximum absolute atomic E-state index is 13.5. The van der Waals surface area contributed by atoms with Crippen molar-refractivity contribution >= 4 is 69.7 Å². The van der Waals surface area contributed by atoms with Gasteiger partial charge in [0.25, 0.3) is 5.91 Å². The second-order valence-electron chi connectivity index (χ2n) is 8.39. The van der Waals surface area contributed by atoms with Crippen LogP contribution in [0.5, 0.6) is 5.75 Å². The number of benzene rings is 2. The van der Waals surface area contributed by atoms with Gasteiger partial charge < -0.3 is 14.2 Å². The summed E-state index contributed by atoms with van der Waals surface area (Å²) in [5.74, 6) is -1.70. The van der Waals surface area contributed by atoms with Crippen molar-refractivity contribution in [3.63, 3.8) is 0 Å². The van der Waals surface area contributed by atoms with E-state index in [1.54, 1.807) is 17.0 Å². The van der Waals surface area contributed by atoms with Crippen LogP contribution in [0.3, 0.4) is 0 Å². The van der Waals surface area contributed by atoms with Crippen molar-refractivity contribution in [3.05, 3.63) is 74.0 Å². The lowest BCUT2D eigenvalue weighted by Crippen LogP contribution is -2.57. The Labute approximate surface area is 227 Å². The number of halogens is 1. The first-order valence-electron chi connectivity index (χ1n) is 11.0. The zero-order valence-corrected chi connectivity index (χ0v) is 22.8. The van der Waals surface area contributed by atoms with Gasteiger partial charge in [-0.1, -0.05) is 53.9 Å². The average molecular weight is 560 g/mol. The molecule has 0 atom stereocenters. The Bertz CT molecular complexity index is 1340. The third-order valence-electron chi connectivity index (χ3n) is 5.72. The Hall–Kier alpha value is -3.15. The van der Waals surface area contributed by atoms with E-state index < -0.39 is 23.3 Å². The highest BCUT2D eigenvalue weighted by atomic mass is 32.2. The number of ether oxygens (including phenoxy) is 3. The Kier molecular flexibility index (Phi) is 7.77. The number of nitrogens with zero attached hydrogens (tertiary/aromatic N) is 1. The molecule has 37 heavy (non-hydrogen) atoms. The predicted octanol–water partition coefficient (Wildman–Crippen LogP) is 5.11. The fourth-order valence-electron chi connectivity index (χ4n) is 3.96. The standard InChI is InChI=1S/C26H22FNO6S3/c1-26(2)22(35)19(25-36-20(23(30)32-3)21(37-25)24(31)33-4)16-7-5-6-8-17(16)28(26)18(29)13-34-15-11-9-14(27)10-12-15/h5-12H,13H2,1-4H3. The van der Waals surface area contributed by atoms with Crippen LogP contribution in [0.2, 0.25) is 0 Å². The lowest BCUT2D eigenvalue weighted by molar-refractivity contribution is -0.138. The third-order valence-corrected chi connectivity index (χ3v) is 8.98. The highest BCUT2D eigenvalue weighted by Gasteiger charge is 2.46. The molecular formula is C26H22FNO6S3. The lowest BCUT2D eigenvalue weighted by Gasteiger charge is -2.45. The quantitative estimate of drug-likeness (QED) is 0.282. The van der Waals surface area contributed by atoms with Crippen LogP contribution in [0.25, 0.3) is 5.57 Å². The van der Waals surface area contributed by atoms with E-state index in [0.29, 0.717) is 31.7 Å². The van der Waals surface area contributed by atoms with E-state index in [1.165, 1.54) is 38.5 Å². The van der Waals surface area contributed by atoms with E-state index in [4.69, 9.17) is 26.4 Å². The van der Waals surface area contributed by atoms with Crippen LogP contribution in [0.15, 0.2) is 62.6 Å². The van der Waals surface area contributed by atoms with Crippen molar-refractivity contribution in [1.29, 1.82) is 0 Å². The Balaban J connectivity index is 1.74. The van der Waals surface area contributed by atoms with Crippen LogP contribution < -0.4 is 9.64 Å². The highest BCUT2D eigenvalue weighted by molar-refractivity contribution is 8.29. The van der Waals surface area contributed by atoms with E-state index in [9.17, 15) is 18.8 Å². The summed E-state index contributed by atoms with van der Waals surface area (Å²) in [6.45, 7) is 3.35. The fraction of sp³-hybridized carbons (Fsp3) is 0.231. The largest absolute Gasteiger partial charge is 0.484 e. The van der Waals surface area contributed by atoms with E-state index in [0.717, 1.165) is 23.5 Å². The van der Waals surface area contributed by atoms with Crippen LogP contribution in [-0.4, -0.2) is 49.1 Å². The second kappa shape index (κ2) is 10.7. The molecule has 0 spiro atoms. The summed E-state index contributed by atoms with van der Waals surface area (Å²) >= 11 is 8.10. The number of hydrogen-bond acceptors (Lipinski definition) is 9. The first-order valence-corrected chi connectivity index (χ1v) is 13.0. The number of carbonyl (C=O) groups is 3. The van der Waals surface area contributed by atoms with Gasteiger partial charge in [-0.15, -0.1) is 0 Å². The third kappa shape index (κ3) is 5.03. The molecule has 0 saturated heterocycles. The minimum absolute atomic E-state index is 0.117. The van der Waals surface area contributed by atoms with E-state index in [-0.39, 0.29) is 22.3 Å². The van der Waals surface area contributed by atoms with Crippen molar-refractivity contribution in [2.75, 3.05) is 25.7 Å². The van der Waals surface area contributed by atoms with Crippen molar-refractivity contribution in [3.8, 4) is 5.75 Å². The summed E-state index contributed by atoms with van der Waals surface area (Å²) in [7, 11) is 2.48. The van der Waals surface area contributed by atoms with Gasteiger partial charge in [-0.25, -0.2) is 14.0 Å². The van der Waals surface area contributed by atoms with Gasteiger partial charge in [0.2, 0.25) is 0 Å². The number of fused-ring (bicyclic) bond motifs is 1. The molecule has 2 aliphatic rings. The molecule has 4 rings (SSSR count). The second-order valence-corrected chi connectivity index (χ2v) is 11.1. The molecule has 0 fully saturated rings. The van der Waals surface area contributed by atoms with Gasteiger partial charge in [-0.2, -0.15) is 0 Å². The maximum Gasteiger partial charge on any atom is 0.346 e. The molecule has 1 amide bonds. The van der Waals surface area contributed by atoms with Crippen LogP contribution in [0.1, 0.15) is 19.4 Å². The molecule has 0 radical (unpaired) electrons. The molecule has 0 unspecified atom stereocenters. The van der Waals surface area contributed by atoms with E-state index in [2.05, 4.69) is 0 Å². The van der Waals surface area contributed by atoms with Crippen LogP contribution in [0.4, 0.5) is 10.1 Å². The molecule has 0 saturated carbocycles. The molecule has 0 aliphatic carbocycles. The zero-order valence-electron chi connectivity index (χ0n) is 20.3. The molecule has 192 valence electrons. The van der Waals surface area contributed by atoms with Crippen molar-refractivity contribution in [1.82, 2.24) is 0 Å². The Morgan fingerprint density at radius 3 is 2.08 bits per heavy atom. The number of carbonyl (C=O) groups excluding carboxylic acids is 3. The number of amides is 1. The Morgan fingerprint density at radius 2 is 1.51 bits per heavy atom. The molecule has 2 aromatic carbocycles. The number of para-hydroxylation sites is 1. The monoisotopic (exact) mass is 559 g/mol. The van der Waals surface area contributed by atoms with Crippen LogP contribution in [0, 0.1) is 5.82 Å². The topological polar surface area (TPSA) is 82.1 Å². The number of hydrogen-bond donors (Lipinski definition) is 0. The zero-order chi connectivity index (χ0) is 26.9. The number of thioether (sulfide) groups is 2. The predicted molar refractivity (Wildman–Crippen MR) is 146 cm³/mol. The first-order chi connectivity index (χ1) is 17.6. The number of rotatable bonds is 5. The summed E-state index contributed by atoms with van der Waals surface area (Å²) in [5.41, 5.74) is 0.959. The molecule has 7 nitrogen and oxygen atoms in total. The van der Waals surface area contributed by atoms with Gasteiger partial charge >= 0.3 is 11.9 Å². The number of anilines is 1. The number of thiocarbonyl (C=S) groups is 1. The number of methoxy groups -OCH3 is 2. The van der Waals surface area contributed by atoms with Gasteiger partial charge in [0, 0.05) is 11.1 Å². The normalized spacial score (nSPS) is 16.5. The Morgan fingerprint density at radius 1 is 0.946 bits per heavy atom. The highest BCUT2D eigenvalue weighted by Crippen LogP contribution is 2.56. The summed E-state index contributed by atoms with van der Waals surface area (Å²) in [5, 5.41) is 0. The summed E-state index contributed by atoms with van der Waals surface area (Å²) in [4.78, 5) is 40.5. The molecule has 0 aromatic heterocycles. The minimum atomic E-state index is -0.962. The summed E-state index contributed by atoms with van der Waals surface area (Å²) < 4.78 is 29.2. The van der Waals surface area contributed by atoms with Crippen LogP contribution >= 0.6 is 35.7 Å². The fourth-order valence-corrected chi connectivity index (χ4v) is 6.99. The summed E-state index contributed by atoms with van der Waals surface area (Å²) in [6.07, 6.45) is 0. The van der Waals surface area contributed by atoms with Crippen molar-refractivity contribution < 1.29 is 33.0 Å². The average Bonchev–Trinajstić information content (AvgIpc) is 3.33. The summed E-state index contributed by atoms with van der Waals surface area (Å²) in [6, 6.07) is 12.7. The first kappa shape index (κ1) is 26.9. The molecule has 11 heteroatoms.